The summed E-state index contributed by atoms with van der Waals surface area (Å²) >= 11 is 0. The minimum atomic E-state index is 0.272. The fourth-order valence-corrected chi connectivity index (χ4v) is 2.28. The van der Waals surface area contributed by atoms with Crippen LogP contribution in [0.3, 0.4) is 0 Å². The van der Waals surface area contributed by atoms with E-state index in [1.807, 2.05) is 0 Å². The minimum absolute atomic E-state index is 0.272. The second kappa shape index (κ2) is 8.56. The van der Waals surface area contributed by atoms with Crippen LogP contribution in [0.4, 0.5) is 0 Å². The molecule has 0 aromatic rings. The van der Waals surface area contributed by atoms with Gasteiger partial charge in [0.05, 0.1) is 0 Å². The van der Waals surface area contributed by atoms with Crippen LogP contribution in [0.2, 0.25) is 0 Å². The van der Waals surface area contributed by atoms with Crippen LogP contribution in [0.5, 0.6) is 0 Å². The van der Waals surface area contributed by atoms with Gasteiger partial charge in [-0.05, 0) is 43.4 Å². The van der Waals surface area contributed by atoms with E-state index < -0.39 is 0 Å². The SMILES string of the molecule is C=CC(CCC(C)(C)C(=C)C)CC(C)CCCC. The van der Waals surface area contributed by atoms with Gasteiger partial charge in [-0.15, -0.1) is 6.58 Å². The highest BCUT2D eigenvalue weighted by molar-refractivity contribution is 5.03. The number of allylic oxidation sites excluding steroid dienone is 2. The molecule has 0 aliphatic carbocycles. The Bertz CT molecular complexity index is 247. The average Bonchev–Trinajstić information content (AvgIpc) is 2.31. The maximum absolute atomic E-state index is 4.11. The van der Waals surface area contributed by atoms with Gasteiger partial charge in [0, 0.05) is 0 Å². The Morgan fingerprint density at radius 2 is 1.89 bits per heavy atom. The van der Waals surface area contributed by atoms with Crippen LogP contribution in [0.1, 0.15) is 73.1 Å². The Balaban J connectivity index is 4.12. The fraction of sp³-hybridized carbons (Fsp3) is 0.778. The van der Waals surface area contributed by atoms with Crippen molar-refractivity contribution in [2.24, 2.45) is 17.3 Å². The highest BCUT2D eigenvalue weighted by Gasteiger charge is 2.20. The number of unbranched alkanes of at least 4 members (excludes halogenated alkanes) is 1. The molecule has 0 fully saturated rings. The molecule has 18 heavy (non-hydrogen) atoms. The van der Waals surface area contributed by atoms with Gasteiger partial charge < -0.3 is 0 Å². The lowest BCUT2D eigenvalue weighted by molar-refractivity contribution is 0.330. The first-order chi connectivity index (χ1) is 8.33. The molecule has 0 saturated heterocycles. The van der Waals surface area contributed by atoms with E-state index in [-0.39, 0.29) is 5.41 Å². The van der Waals surface area contributed by atoms with Gasteiger partial charge in [-0.3, -0.25) is 0 Å². The van der Waals surface area contributed by atoms with E-state index in [1.54, 1.807) is 0 Å². The zero-order valence-corrected chi connectivity index (χ0v) is 13.4. The van der Waals surface area contributed by atoms with Crippen LogP contribution < -0.4 is 0 Å². The largest absolute Gasteiger partial charge is 0.103 e. The van der Waals surface area contributed by atoms with Gasteiger partial charge in [-0.1, -0.05) is 65.2 Å². The van der Waals surface area contributed by atoms with Crippen molar-refractivity contribution in [3.63, 3.8) is 0 Å². The number of hydrogen-bond acceptors (Lipinski definition) is 0. The fourth-order valence-electron chi connectivity index (χ4n) is 2.28. The first-order valence-corrected chi connectivity index (χ1v) is 7.62. The molecular weight excluding hydrogens is 216 g/mol. The second-order valence-corrected chi connectivity index (χ2v) is 6.68. The molecule has 0 bridgehead atoms. The summed E-state index contributed by atoms with van der Waals surface area (Å²) in [6.45, 7) is 19.5. The van der Waals surface area contributed by atoms with E-state index >= 15 is 0 Å². The highest BCUT2D eigenvalue weighted by atomic mass is 14.3. The van der Waals surface area contributed by atoms with Crippen LogP contribution in [0.25, 0.3) is 0 Å². The molecule has 2 atom stereocenters. The van der Waals surface area contributed by atoms with E-state index in [0.29, 0.717) is 5.92 Å². The van der Waals surface area contributed by atoms with Gasteiger partial charge in [0.25, 0.3) is 0 Å². The molecule has 0 amide bonds. The standard InChI is InChI=1S/C18H34/c1-8-10-11-16(5)14-17(9-2)12-13-18(6,7)15(3)4/h9,16-17H,2-3,8,10-14H2,1,4-7H3. The Morgan fingerprint density at radius 1 is 1.28 bits per heavy atom. The van der Waals surface area contributed by atoms with Crippen LogP contribution in [0, 0.1) is 17.3 Å². The van der Waals surface area contributed by atoms with E-state index in [2.05, 4.69) is 53.9 Å². The summed E-state index contributed by atoms with van der Waals surface area (Å²) in [4.78, 5) is 0. The topological polar surface area (TPSA) is 0 Å². The summed E-state index contributed by atoms with van der Waals surface area (Å²) in [7, 11) is 0. The van der Waals surface area contributed by atoms with Crippen molar-refractivity contribution in [3.05, 3.63) is 24.8 Å². The van der Waals surface area contributed by atoms with Crippen LogP contribution in [-0.2, 0) is 0 Å². The van der Waals surface area contributed by atoms with Gasteiger partial charge in [-0.2, -0.15) is 0 Å². The van der Waals surface area contributed by atoms with Gasteiger partial charge >= 0.3 is 0 Å². The summed E-state index contributed by atoms with van der Waals surface area (Å²) in [5.41, 5.74) is 1.57. The monoisotopic (exact) mass is 250 g/mol. The molecule has 106 valence electrons. The second-order valence-electron chi connectivity index (χ2n) is 6.68. The molecule has 0 radical (unpaired) electrons. The van der Waals surface area contributed by atoms with E-state index in [0.717, 1.165) is 5.92 Å². The molecule has 0 heterocycles. The maximum atomic E-state index is 4.11. The maximum Gasteiger partial charge on any atom is -0.0150 e. The summed E-state index contributed by atoms with van der Waals surface area (Å²) < 4.78 is 0. The van der Waals surface area contributed by atoms with Crippen LogP contribution in [0.15, 0.2) is 24.8 Å². The molecular formula is C18H34. The van der Waals surface area contributed by atoms with Crippen molar-refractivity contribution >= 4 is 0 Å². The lowest BCUT2D eigenvalue weighted by Crippen LogP contribution is -2.15. The van der Waals surface area contributed by atoms with Crippen molar-refractivity contribution in [1.29, 1.82) is 0 Å². The Kier molecular flexibility index (Phi) is 8.31. The first-order valence-electron chi connectivity index (χ1n) is 7.62. The van der Waals surface area contributed by atoms with Crippen LogP contribution in [-0.4, -0.2) is 0 Å². The average molecular weight is 250 g/mol. The third kappa shape index (κ3) is 7.03. The molecule has 0 rings (SSSR count). The number of hydrogen-bond donors (Lipinski definition) is 0. The first kappa shape index (κ1) is 17.5. The molecule has 0 aliphatic rings. The van der Waals surface area contributed by atoms with Crippen molar-refractivity contribution in [2.45, 2.75) is 73.1 Å². The summed E-state index contributed by atoms with van der Waals surface area (Å²) in [5, 5.41) is 0. The van der Waals surface area contributed by atoms with Gasteiger partial charge in [0.2, 0.25) is 0 Å². The third-order valence-corrected chi connectivity index (χ3v) is 4.38. The van der Waals surface area contributed by atoms with Gasteiger partial charge in [0.1, 0.15) is 0 Å². The molecule has 0 aliphatic heterocycles. The Hall–Kier alpha value is -0.520. The van der Waals surface area contributed by atoms with Gasteiger partial charge in [-0.25, -0.2) is 0 Å². The number of rotatable bonds is 10. The van der Waals surface area contributed by atoms with Crippen LogP contribution >= 0.6 is 0 Å². The quantitative estimate of drug-likeness (QED) is 0.394. The highest BCUT2D eigenvalue weighted by Crippen LogP contribution is 2.33. The lowest BCUT2D eigenvalue weighted by Gasteiger charge is -2.27. The lowest BCUT2D eigenvalue weighted by atomic mass is 9.78. The zero-order chi connectivity index (χ0) is 14.2. The normalized spacial score (nSPS) is 15.2. The van der Waals surface area contributed by atoms with E-state index in [4.69, 9.17) is 0 Å². The smallest absolute Gasteiger partial charge is 0.0150 e. The van der Waals surface area contributed by atoms with Crippen molar-refractivity contribution in [1.82, 2.24) is 0 Å². The molecule has 0 heteroatoms. The molecule has 0 N–H and O–H groups in total. The summed E-state index contributed by atoms with van der Waals surface area (Å²) in [5.74, 6) is 1.51. The van der Waals surface area contributed by atoms with Crippen molar-refractivity contribution in [2.75, 3.05) is 0 Å². The molecule has 0 spiro atoms. The summed E-state index contributed by atoms with van der Waals surface area (Å²) in [6, 6.07) is 0. The van der Waals surface area contributed by atoms with Crippen molar-refractivity contribution < 1.29 is 0 Å². The molecule has 0 nitrogen and oxygen atoms in total. The summed E-state index contributed by atoms with van der Waals surface area (Å²) in [6.07, 6.45) is 9.98. The molecule has 0 aromatic heterocycles. The third-order valence-electron chi connectivity index (χ3n) is 4.38. The Morgan fingerprint density at radius 3 is 2.33 bits per heavy atom. The van der Waals surface area contributed by atoms with Gasteiger partial charge in [0.15, 0.2) is 0 Å². The molecule has 0 saturated carbocycles. The van der Waals surface area contributed by atoms with E-state index in [1.165, 1.54) is 44.1 Å². The van der Waals surface area contributed by atoms with E-state index in [9.17, 15) is 0 Å². The zero-order valence-electron chi connectivity index (χ0n) is 13.4. The predicted octanol–water partition coefficient (Wildman–Crippen LogP) is 6.39. The Labute approximate surface area is 116 Å². The molecule has 2 unspecified atom stereocenters. The minimum Gasteiger partial charge on any atom is -0.103 e. The molecule has 0 aromatic carbocycles. The van der Waals surface area contributed by atoms with Crippen molar-refractivity contribution in [3.8, 4) is 0 Å². The predicted molar refractivity (Wildman–Crippen MR) is 84.8 cm³/mol.